The Morgan fingerprint density at radius 2 is 1.96 bits per heavy atom. The van der Waals surface area contributed by atoms with E-state index in [1.807, 2.05) is 0 Å². The van der Waals surface area contributed by atoms with Crippen molar-refractivity contribution in [3.05, 3.63) is 29.3 Å². The third-order valence-corrected chi connectivity index (χ3v) is 6.76. The Kier molecular flexibility index (Phi) is 4.10. The fourth-order valence-corrected chi connectivity index (χ4v) is 5.20. The van der Waals surface area contributed by atoms with Gasteiger partial charge in [-0.1, -0.05) is 0 Å². The SMILES string of the molecule is N#Cc1cc(S(=O)(=O)N2CC3CCC(N)C3C2)ccc1C(F)(F)F. The molecule has 9 heteroatoms. The number of halogens is 3. The van der Waals surface area contributed by atoms with Crippen molar-refractivity contribution in [3.8, 4) is 6.07 Å². The zero-order chi connectivity index (χ0) is 17.7. The van der Waals surface area contributed by atoms with Crippen molar-refractivity contribution in [2.75, 3.05) is 13.1 Å². The molecule has 1 heterocycles. The normalized spacial score (nSPS) is 27.9. The van der Waals surface area contributed by atoms with Crippen LogP contribution in [0, 0.1) is 23.2 Å². The van der Waals surface area contributed by atoms with Crippen molar-refractivity contribution in [1.29, 1.82) is 5.26 Å². The van der Waals surface area contributed by atoms with Crippen LogP contribution >= 0.6 is 0 Å². The molecule has 2 aliphatic rings. The highest BCUT2D eigenvalue weighted by molar-refractivity contribution is 7.89. The lowest BCUT2D eigenvalue weighted by Crippen LogP contribution is -2.33. The van der Waals surface area contributed by atoms with Crippen molar-refractivity contribution in [3.63, 3.8) is 0 Å². The van der Waals surface area contributed by atoms with Gasteiger partial charge in [0, 0.05) is 19.1 Å². The van der Waals surface area contributed by atoms with Gasteiger partial charge in [0.1, 0.15) is 0 Å². The van der Waals surface area contributed by atoms with Crippen LogP contribution in [-0.4, -0.2) is 31.9 Å². The van der Waals surface area contributed by atoms with Gasteiger partial charge >= 0.3 is 6.18 Å². The summed E-state index contributed by atoms with van der Waals surface area (Å²) in [5.41, 5.74) is 4.16. The van der Waals surface area contributed by atoms with Crippen molar-refractivity contribution in [1.82, 2.24) is 4.31 Å². The Morgan fingerprint density at radius 1 is 1.25 bits per heavy atom. The van der Waals surface area contributed by atoms with Crippen molar-refractivity contribution in [2.45, 2.75) is 30.0 Å². The van der Waals surface area contributed by atoms with Gasteiger partial charge in [-0.2, -0.15) is 22.7 Å². The number of alkyl halides is 3. The van der Waals surface area contributed by atoms with Crippen LogP contribution < -0.4 is 5.73 Å². The maximum atomic E-state index is 12.8. The molecule has 1 saturated heterocycles. The van der Waals surface area contributed by atoms with Crippen LogP contribution in [0.25, 0.3) is 0 Å². The molecule has 1 aliphatic carbocycles. The van der Waals surface area contributed by atoms with Gasteiger partial charge in [0.05, 0.1) is 22.1 Å². The summed E-state index contributed by atoms with van der Waals surface area (Å²) in [5.74, 6) is 0.282. The number of sulfonamides is 1. The fourth-order valence-electron chi connectivity index (χ4n) is 3.64. The van der Waals surface area contributed by atoms with Gasteiger partial charge in [-0.25, -0.2) is 8.42 Å². The molecular weight excluding hydrogens is 343 g/mol. The highest BCUT2D eigenvalue weighted by Gasteiger charge is 2.45. The summed E-state index contributed by atoms with van der Waals surface area (Å²) in [7, 11) is -3.94. The molecule has 3 atom stereocenters. The van der Waals surface area contributed by atoms with Crippen LogP contribution in [0.1, 0.15) is 24.0 Å². The topological polar surface area (TPSA) is 87.2 Å². The average molecular weight is 359 g/mol. The Labute approximate surface area is 137 Å². The van der Waals surface area contributed by atoms with E-state index < -0.39 is 27.3 Å². The minimum Gasteiger partial charge on any atom is -0.327 e. The zero-order valence-corrected chi connectivity index (χ0v) is 13.4. The summed E-state index contributed by atoms with van der Waals surface area (Å²) in [6, 6.07) is 3.74. The quantitative estimate of drug-likeness (QED) is 0.874. The highest BCUT2D eigenvalue weighted by Crippen LogP contribution is 2.40. The molecule has 0 bridgehead atoms. The molecule has 0 spiro atoms. The van der Waals surface area contributed by atoms with E-state index in [-0.39, 0.29) is 29.3 Å². The number of hydrogen-bond acceptors (Lipinski definition) is 4. The number of nitriles is 1. The minimum absolute atomic E-state index is 0.0440. The van der Waals surface area contributed by atoms with Gasteiger partial charge < -0.3 is 5.73 Å². The predicted octanol–water partition coefficient (Wildman–Crippen LogP) is 1.93. The molecule has 1 aromatic rings. The Balaban J connectivity index is 1.93. The smallest absolute Gasteiger partial charge is 0.327 e. The second kappa shape index (κ2) is 5.72. The molecule has 2 fully saturated rings. The molecular formula is C15H16F3N3O2S. The van der Waals surface area contributed by atoms with Crippen molar-refractivity contribution >= 4 is 10.0 Å². The summed E-state index contributed by atoms with van der Waals surface area (Å²) >= 11 is 0. The molecule has 24 heavy (non-hydrogen) atoms. The summed E-state index contributed by atoms with van der Waals surface area (Å²) < 4.78 is 65.2. The van der Waals surface area contributed by atoms with Crippen molar-refractivity contribution in [2.24, 2.45) is 17.6 Å². The second-order valence-electron chi connectivity index (χ2n) is 6.30. The van der Waals surface area contributed by atoms with E-state index in [9.17, 15) is 21.6 Å². The van der Waals surface area contributed by atoms with E-state index in [0.717, 1.165) is 25.0 Å². The van der Waals surface area contributed by atoms with E-state index in [0.29, 0.717) is 12.6 Å². The van der Waals surface area contributed by atoms with Crippen LogP contribution in [0.2, 0.25) is 0 Å². The number of fused-ring (bicyclic) bond motifs is 1. The van der Waals surface area contributed by atoms with E-state index in [1.165, 1.54) is 10.4 Å². The molecule has 0 aromatic heterocycles. The standard InChI is InChI=1S/C15H16F3N3O2S/c16-15(17,18)13-3-2-11(5-10(13)6-19)24(22,23)21-7-9-1-4-14(20)12(9)8-21/h2-3,5,9,12,14H,1,4,7-8,20H2. The van der Waals surface area contributed by atoms with E-state index in [4.69, 9.17) is 11.0 Å². The third kappa shape index (κ3) is 2.79. The number of rotatable bonds is 2. The zero-order valence-electron chi connectivity index (χ0n) is 12.6. The number of nitrogens with zero attached hydrogens (tertiary/aromatic N) is 2. The van der Waals surface area contributed by atoms with Crippen molar-refractivity contribution < 1.29 is 21.6 Å². The van der Waals surface area contributed by atoms with Crippen LogP contribution in [0.15, 0.2) is 23.1 Å². The monoisotopic (exact) mass is 359 g/mol. The molecule has 5 nitrogen and oxygen atoms in total. The van der Waals surface area contributed by atoms with Gasteiger partial charge in [0.15, 0.2) is 0 Å². The van der Waals surface area contributed by atoms with Gasteiger partial charge in [-0.05, 0) is 42.9 Å². The first-order valence-electron chi connectivity index (χ1n) is 7.51. The van der Waals surface area contributed by atoms with Gasteiger partial charge in [0.2, 0.25) is 10.0 Å². The van der Waals surface area contributed by atoms with Crippen LogP contribution in [0.4, 0.5) is 13.2 Å². The molecule has 130 valence electrons. The Morgan fingerprint density at radius 3 is 2.54 bits per heavy atom. The molecule has 0 amide bonds. The lowest BCUT2D eigenvalue weighted by atomic mass is 9.98. The molecule has 2 N–H and O–H groups in total. The van der Waals surface area contributed by atoms with Gasteiger partial charge in [0.25, 0.3) is 0 Å². The number of benzene rings is 1. The number of nitrogens with two attached hydrogens (primary N) is 1. The molecule has 1 aromatic carbocycles. The van der Waals surface area contributed by atoms with E-state index in [2.05, 4.69) is 0 Å². The van der Waals surface area contributed by atoms with Crippen LogP contribution in [0.5, 0.6) is 0 Å². The minimum atomic E-state index is -4.70. The number of hydrogen-bond donors (Lipinski definition) is 1. The first-order valence-corrected chi connectivity index (χ1v) is 8.95. The average Bonchev–Trinajstić information content (AvgIpc) is 3.08. The summed E-state index contributed by atoms with van der Waals surface area (Å²) in [5, 5.41) is 8.93. The highest BCUT2D eigenvalue weighted by atomic mass is 32.2. The largest absolute Gasteiger partial charge is 0.417 e. The summed E-state index contributed by atoms with van der Waals surface area (Å²) in [6.45, 7) is 0.598. The van der Waals surface area contributed by atoms with Gasteiger partial charge in [-0.3, -0.25) is 0 Å². The van der Waals surface area contributed by atoms with E-state index >= 15 is 0 Å². The molecule has 1 saturated carbocycles. The Bertz CT molecular complexity index is 801. The second-order valence-corrected chi connectivity index (χ2v) is 8.24. The molecule has 3 rings (SSSR count). The lowest BCUT2D eigenvalue weighted by Gasteiger charge is -2.19. The van der Waals surface area contributed by atoms with E-state index in [1.54, 1.807) is 0 Å². The third-order valence-electron chi connectivity index (χ3n) is 4.93. The summed E-state index contributed by atoms with van der Waals surface area (Å²) in [6.07, 6.45) is -2.98. The first-order chi connectivity index (χ1) is 11.1. The van der Waals surface area contributed by atoms with Gasteiger partial charge in [-0.15, -0.1) is 0 Å². The molecule has 3 unspecified atom stereocenters. The van der Waals surface area contributed by atoms with Crippen LogP contribution in [0.3, 0.4) is 0 Å². The van der Waals surface area contributed by atoms with Crippen LogP contribution in [-0.2, 0) is 16.2 Å². The lowest BCUT2D eigenvalue weighted by molar-refractivity contribution is -0.137. The maximum Gasteiger partial charge on any atom is 0.417 e. The Hall–Kier alpha value is -1.63. The summed E-state index contributed by atoms with van der Waals surface area (Å²) in [4.78, 5) is -0.291. The molecule has 0 radical (unpaired) electrons. The maximum absolute atomic E-state index is 12.8. The molecule has 1 aliphatic heterocycles. The fraction of sp³-hybridized carbons (Fsp3) is 0.533. The predicted molar refractivity (Wildman–Crippen MR) is 79.1 cm³/mol. The first kappa shape index (κ1) is 17.2.